The largest absolute Gasteiger partial charge is 0.478 e. The number of nitrogens with one attached hydrogen (secondary N) is 2. The molecule has 0 radical (unpaired) electrons. The Morgan fingerprint density at radius 1 is 1.33 bits per heavy atom. The first-order chi connectivity index (χ1) is 14.3. The smallest absolute Gasteiger partial charge is 0.337 e. The van der Waals surface area contributed by atoms with Crippen molar-refractivity contribution in [3.05, 3.63) is 48.0 Å². The molecule has 0 aliphatic carbocycles. The van der Waals surface area contributed by atoms with Crippen LogP contribution in [0.3, 0.4) is 0 Å². The van der Waals surface area contributed by atoms with Crippen LogP contribution >= 0.6 is 0 Å². The maximum atomic E-state index is 12.3. The zero-order chi connectivity index (χ0) is 21.3. The van der Waals surface area contributed by atoms with Gasteiger partial charge in [0.2, 0.25) is 15.9 Å². The van der Waals surface area contributed by atoms with E-state index in [2.05, 4.69) is 20.3 Å². The summed E-state index contributed by atoms with van der Waals surface area (Å²) >= 11 is 0. The van der Waals surface area contributed by atoms with Gasteiger partial charge in [0.15, 0.2) is 0 Å². The van der Waals surface area contributed by atoms with Crippen LogP contribution in [-0.2, 0) is 16.6 Å². The summed E-state index contributed by atoms with van der Waals surface area (Å²) in [4.78, 5) is 22.5. The lowest BCUT2D eigenvalue weighted by molar-refractivity contribution is 0.0699. The molecule has 11 heteroatoms. The van der Waals surface area contributed by atoms with Gasteiger partial charge in [0.25, 0.3) is 0 Å². The average Bonchev–Trinajstić information content (AvgIpc) is 3.35. The number of ether oxygens (including phenoxy) is 1. The van der Waals surface area contributed by atoms with Gasteiger partial charge < -0.3 is 20.1 Å². The zero-order valence-corrected chi connectivity index (χ0v) is 17.0. The van der Waals surface area contributed by atoms with E-state index in [1.165, 1.54) is 23.1 Å². The number of carboxylic acids is 1. The molecule has 30 heavy (non-hydrogen) atoms. The average molecular weight is 431 g/mol. The Morgan fingerprint density at radius 3 is 2.87 bits per heavy atom. The Labute approximate surface area is 173 Å². The van der Waals surface area contributed by atoms with Crippen molar-refractivity contribution in [1.82, 2.24) is 24.6 Å². The molecule has 1 atom stereocenters. The number of carbonyl (C=O) groups is 1. The standard InChI is InChI=1S/C19H21N5O5S/c1-30(27,28)24(13-4-5-20-8-13)10-12-6-18(23-11-22-12)29-14-2-3-17-15(7-14)16(9-21-17)19(25)26/h2-3,6-7,9,11,13,20-21H,4-5,8,10H2,1H3,(H,25,26). The first-order valence-electron chi connectivity index (χ1n) is 9.32. The van der Waals surface area contributed by atoms with Gasteiger partial charge in [-0.2, -0.15) is 4.31 Å². The second kappa shape index (κ2) is 8.01. The number of aromatic amines is 1. The lowest BCUT2D eigenvalue weighted by atomic mass is 10.1. The number of hydrogen-bond acceptors (Lipinski definition) is 7. The lowest BCUT2D eigenvalue weighted by Crippen LogP contribution is -2.40. The fourth-order valence-electron chi connectivity index (χ4n) is 3.54. The molecular formula is C19H21N5O5S. The number of H-pyrrole nitrogens is 1. The molecule has 1 aliphatic heterocycles. The van der Waals surface area contributed by atoms with E-state index >= 15 is 0 Å². The number of rotatable bonds is 7. The summed E-state index contributed by atoms with van der Waals surface area (Å²) in [6, 6.07) is 6.49. The molecule has 1 aliphatic rings. The quantitative estimate of drug-likeness (QED) is 0.513. The molecule has 3 N–H and O–H groups in total. The van der Waals surface area contributed by atoms with Gasteiger partial charge in [-0.15, -0.1) is 0 Å². The topological polar surface area (TPSA) is 138 Å². The third-order valence-electron chi connectivity index (χ3n) is 4.99. The zero-order valence-electron chi connectivity index (χ0n) is 16.2. The minimum Gasteiger partial charge on any atom is -0.478 e. The molecule has 1 aromatic carbocycles. The van der Waals surface area contributed by atoms with Crippen LogP contribution in [-0.4, -0.2) is 64.1 Å². The highest BCUT2D eigenvalue weighted by atomic mass is 32.2. The van der Waals surface area contributed by atoms with Gasteiger partial charge in [-0.3, -0.25) is 0 Å². The van der Waals surface area contributed by atoms with Crippen LogP contribution in [0.1, 0.15) is 22.5 Å². The predicted molar refractivity (Wildman–Crippen MR) is 109 cm³/mol. The number of aromatic carboxylic acids is 1. The highest BCUT2D eigenvalue weighted by Gasteiger charge is 2.29. The fraction of sp³-hybridized carbons (Fsp3) is 0.316. The summed E-state index contributed by atoms with van der Waals surface area (Å²) in [5.41, 5.74) is 1.33. The molecule has 0 bridgehead atoms. The SMILES string of the molecule is CS(=O)(=O)N(Cc1cc(Oc2ccc3[nH]cc(C(=O)O)c3c2)ncn1)C1CCNC1. The van der Waals surface area contributed by atoms with Crippen molar-refractivity contribution in [2.75, 3.05) is 19.3 Å². The maximum absolute atomic E-state index is 12.3. The number of nitrogens with zero attached hydrogens (tertiary/aromatic N) is 3. The lowest BCUT2D eigenvalue weighted by Gasteiger charge is -2.25. The summed E-state index contributed by atoms with van der Waals surface area (Å²) in [5.74, 6) is -0.385. The van der Waals surface area contributed by atoms with Gasteiger partial charge in [0.05, 0.1) is 24.1 Å². The summed E-state index contributed by atoms with van der Waals surface area (Å²) in [6.07, 6.45) is 4.67. The van der Waals surface area contributed by atoms with Crippen LogP contribution in [0, 0.1) is 0 Å². The van der Waals surface area contributed by atoms with Crippen LogP contribution in [0.15, 0.2) is 36.8 Å². The van der Waals surface area contributed by atoms with E-state index in [0.717, 1.165) is 13.0 Å². The number of hydrogen-bond donors (Lipinski definition) is 3. The van der Waals surface area contributed by atoms with E-state index < -0.39 is 16.0 Å². The first-order valence-corrected chi connectivity index (χ1v) is 11.2. The van der Waals surface area contributed by atoms with Crippen LogP contribution in [0.5, 0.6) is 11.6 Å². The molecule has 3 aromatic rings. The van der Waals surface area contributed by atoms with Gasteiger partial charge in [-0.05, 0) is 31.2 Å². The van der Waals surface area contributed by atoms with Crippen molar-refractivity contribution < 1.29 is 23.1 Å². The predicted octanol–water partition coefficient (Wildman–Crippen LogP) is 1.57. The Kier molecular flexibility index (Phi) is 5.41. The monoisotopic (exact) mass is 431 g/mol. The molecule has 158 valence electrons. The van der Waals surface area contributed by atoms with E-state index in [1.807, 2.05) is 0 Å². The van der Waals surface area contributed by atoms with Crippen molar-refractivity contribution in [3.8, 4) is 11.6 Å². The molecule has 1 fully saturated rings. The van der Waals surface area contributed by atoms with Crippen LogP contribution in [0.4, 0.5) is 0 Å². The molecule has 3 heterocycles. The Balaban J connectivity index is 1.57. The summed E-state index contributed by atoms with van der Waals surface area (Å²) in [6.45, 7) is 1.49. The summed E-state index contributed by atoms with van der Waals surface area (Å²) < 4.78 is 31.7. The molecule has 1 unspecified atom stereocenters. The second-order valence-electron chi connectivity index (χ2n) is 7.12. The van der Waals surface area contributed by atoms with Crippen molar-refractivity contribution in [2.24, 2.45) is 0 Å². The molecule has 2 aromatic heterocycles. The minimum atomic E-state index is -3.42. The number of carboxylic acid groups (broad SMARTS) is 1. The molecular weight excluding hydrogens is 410 g/mol. The van der Waals surface area contributed by atoms with Crippen LogP contribution in [0.25, 0.3) is 10.9 Å². The van der Waals surface area contributed by atoms with E-state index in [1.54, 1.807) is 24.3 Å². The Hall–Kier alpha value is -3.02. The third-order valence-corrected chi connectivity index (χ3v) is 6.27. The first kappa shape index (κ1) is 20.3. The summed E-state index contributed by atoms with van der Waals surface area (Å²) in [5, 5.41) is 13.0. The number of benzene rings is 1. The fourth-order valence-corrected chi connectivity index (χ4v) is 4.63. The minimum absolute atomic E-state index is 0.115. The molecule has 0 spiro atoms. The Bertz CT molecular complexity index is 1190. The van der Waals surface area contributed by atoms with E-state index in [-0.39, 0.29) is 24.0 Å². The molecule has 1 saturated heterocycles. The number of sulfonamides is 1. The van der Waals surface area contributed by atoms with E-state index in [4.69, 9.17) is 4.74 Å². The number of fused-ring (bicyclic) bond motifs is 1. The Morgan fingerprint density at radius 2 is 2.17 bits per heavy atom. The molecule has 10 nitrogen and oxygen atoms in total. The van der Waals surface area contributed by atoms with Crippen LogP contribution in [0.2, 0.25) is 0 Å². The van der Waals surface area contributed by atoms with Gasteiger partial charge >= 0.3 is 5.97 Å². The maximum Gasteiger partial charge on any atom is 0.337 e. The number of aromatic nitrogens is 3. The van der Waals surface area contributed by atoms with Gasteiger partial charge in [0, 0.05) is 35.8 Å². The third kappa shape index (κ3) is 4.27. The summed E-state index contributed by atoms with van der Waals surface area (Å²) in [7, 11) is -3.42. The van der Waals surface area contributed by atoms with Crippen LogP contribution < -0.4 is 10.1 Å². The van der Waals surface area contributed by atoms with Crippen molar-refractivity contribution >= 4 is 26.9 Å². The van der Waals surface area contributed by atoms with E-state index in [9.17, 15) is 18.3 Å². The van der Waals surface area contributed by atoms with Gasteiger partial charge in [-0.1, -0.05) is 0 Å². The second-order valence-corrected chi connectivity index (χ2v) is 9.05. The van der Waals surface area contributed by atoms with Crippen molar-refractivity contribution in [1.29, 1.82) is 0 Å². The molecule has 0 saturated carbocycles. The van der Waals surface area contributed by atoms with Gasteiger partial charge in [0.1, 0.15) is 12.1 Å². The highest BCUT2D eigenvalue weighted by Crippen LogP contribution is 2.27. The highest BCUT2D eigenvalue weighted by molar-refractivity contribution is 7.88. The molecule has 4 rings (SSSR count). The van der Waals surface area contributed by atoms with Crippen molar-refractivity contribution in [2.45, 2.75) is 19.0 Å². The van der Waals surface area contributed by atoms with Crippen molar-refractivity contribution in [3.63, 3.8) is 0 Å². The van der Waals surface area contributed by atoms with E-state index in [0.29, 0.717) is 28.9 Å². The normalized spacial score (nSPS) is 16.9. The van der Waals surface area contributed by atoms with Gasteiger partial charge in [-0.25, -0.2) is 23.2 Å². The molecule has 0 amide bonds.